The summed E-state index contributed by atoms with van der Waals surface area (Å²) >= 11 is 6.20. The molecule has 1 aromatic heterocycles. The van der Waals surface area contributed by atoms with Crippen molar-refractivity contribution < 1.29 is 0 Å². The van der Waals surface area contributed by atoms with Crippen molar-refractivity contribution in [3.8, 4) is 0 Å². The van der Waals surface area contributed by atoms with Crippen molar-refractivity contribution >= 4 is 28.6 Å². The van der Waals surface area contributed by atoms with Crippen LogP contribution in [0.1, 0.15) is 18.4 Å². The van der Waals surface area contributed by atoms with E-state index in [0.717, 1.165) is 19.4 Å². The summed E-state index contributed by atoms with van der Waals surface area (Å²) in [5, 5.41) is 1.29. The first-order chi connectivity index (χ1) is 8.74. The first kappa shape index (κ1) is 11.8. The molecule has 3 rings (SSSR count). The Morgan fingerprint density at radius 3 is 3.06 bits per heavy atom. The minimum Gasteiger partial charge on any atom is -0.361 e. The molecule has 0 aliphatic carbocycles. The second-order valence-corrected chi connectivity index (χ2v) is 5.48. The number of piperidine rings is 1. The van der Waals surface area contributed by atoms with Crippen LogP contribution in [0.25, 0.3) is 17.0 Å². The van der Waals surface area contributed by atoms with Gasteiger partial charge in [0.2, 0.25) is 0 Å². The summed E-state index contributed by atoms with van der Waals surface area (Å²) < 4.78 is 0. The normalized spacial score (nSPS) is 23.9. The van der Waals surface area contributed by atoms with Crippen LogP contribution in [-0.4, -0.2) is 29.0 Å². The number of hydrogen-bond acceptors (Lipinski definition) is 1. The van der Waals surface area contributed by atoms with Gasteiger partial charge in [0.25, 0.3) is 0 Å². The van der Waals surface area contributed by atoms with Gasteiger partial charge in [-0.15, -0.1) is 11.6 Å². The number of aromatic nitrogens is 1. The van der Waals surface area contributed by atoms with E-state index < -0.39 is 0 Å². The molecule has 1 unspecified atom stereocenters. The smallest absolute Gasteiger partial charge is 0.0853 e. The van der Waals surface area contributed by atoms with Crippen LogP contribution in [0.3, 0.4) is 0 Å². The first-order valence-electron chi connectivity index (χ1n) is 6.34. The maximum absolute atomic E-state index is 6.20. The summed E-state index contributed by atoms with van der Waals surface area (Å²) in [6, 6.07) is 8.41. The van der Waals surface area contributed by atoms with Crippen molar-refractivity contribution in [1.29, 1.82) is 0 Å². The van der Waals surface area contributed by atoms with Crippen LogP contribution in [0, 0.1) is 0 Å². The van der Waals surface area contributed by atoms with Crippen LogP contribution in [0.5, 0.6) is 0 Å². The molecule has 1 saturated heterocycles. The highest BCUT2D eigenvalue weighted by Gasteiger charge is 2.19. The molecule has 0 radical (unpaired) electrons. The van der Waals surface area contributed by atoms with Gasteiger partial charge in [0.15, 0.2) is 0 Å². The Morgan fingerprint density at radius 1 is 1.39 bits per heavy atom. The monoisotopic (exact) mass is 260 g/mol. The Hall–Kier alpha value is -1.25. The average molecular weight is 261 g/mol. The Labute approximate surface area is 112 Å². The predicted octanol–water partition coefficient (Wildman–Crippen LogP) is 3.84. The Kier molecular flexibility index (Phi) is 3.14. The Balaban J connectivity index is 1.92. The molecule has 2 heterocycles. The van der Waals surface area contributed by atoms with Crippen LogP contribution in [0.4, 0.5) is 0 Å². The third kappa shape index (κ3) is 2.18. The van der Waals surface area contributed by atoms with E-state index in [1.54, 1.807) is 0 Å². The van der Waals surface area contributed by atoms with E-state index in [-0.39, 0.29) is 5.50 Å². The van der Waals surface area contributed by atoms with E-state index >= 15 is 0 Å². The molecular weight excluding hydrogens is 244 g/mol. The summed E-state index contributed by atoms with van der Waals surface area (Å²) in [5.41, 5.74) is 4.12. The van der Waals surface area contributed by atoms with Crippen molar-refractivity contribution in [2.45, 2.75) is 18.3 Å². The molecule has 0 amide bonds. The van der Waals surface area contributed by atoms with Crippen molar-refractivity contribution in [3.05, 3.63) is 41.6 Å². The second kappa shape index (κ2) is 4.79. The molecule has 1 atom stereocenters. The number of halogens is 1. The molecule has 0 spiro atoms. The van der Waals surface area contributed by atoms with E-state index in [1.165, 1.54) is 22.0 Å². The van der Waals surface area contributed by atoms with Gasteiger partial charge in [-0.2, -0.15) is 0 Å². The number of nitrogens with zero attached hydrogens (tertiary/aromatic N) is 1. The van der Waals surface area contributed by atoms with Crippen LogP contribution in [0.2, 0.25) is 0 Å². The maximum atomic E-state index is 6.20. The van der Waals surface area contributed by atoms with E-state index in [4.69, 9.17) is 11.6 Å². The predicted molar refractivity (Wildman–Crippen MR) is 77.8 cm³/mol. The molecule has 94 valence electrons. The van der Waals surface area contributed by atoms with Gasteiger partial charge < -0.3 is 4.98 Å². The van der Waals surface area contributed by atoms with Gasteiger partial charge in [0.1, 0.15) is 0 Å². The summed E-state index contributed by atoms with van der Waals surface area (Å²) in [5.74, 6) is 0. The number of H-pyrrole nitrogens is 1. The summed E-state index contributed by atoms with van der Waals surface area (Å²) in [4.78, 5) is 5.51. The second-order valence-electron chi connectivity index (χ2n) is 4.98. The number of likely N-dealkylation sites (N-methyl/N-ethyl adjacent to an activating group) is 1. The van der Waals surface area contributed by atoms with E-state index in [1.807, 2.05) is 0 Å². The molecule has 0 saturated carbocycles. The van der Waals surface area contributed by atoms with E-state index in [2.05, 4.69) is 53.5 Å². The number of hydrogen-bond donors (Lipinski definition) is 1. The number of fused-ring (bicyclic) bond motifs is 1. The number of nitrogens with one attached hydrogen (secondary N) is 1. The van der Waals surface area contributed by atoms with Crippen LogP contribution in [0.15, 0.2) is 36.0 Å². The lowest BCUT2D eigenvalue weighted by atomic mass is 10.0. The van der Waals surface area contributed by atoms with Gasteiger partial charge in [-0.25, -0.2) is 0 Å². The fraction of sp³-hybridized carbons (Fsp3) is 0.333. The zero-order chi connectivity index (χ0) is 12.5. The zero-order valence-corrected chi connectivity index (χ0v) is 11.2. The molecule has 18 heavy (non-hydrogen) atoms. The maximum Gasteiger partial charge on any atom is 0.0853 e. The SMILES string of the molecule is CN1CC(=Cc2c[nH]c3ccccc23)CCC1Cl. The molecule has 1 aliphatic rings. The largest absolute Gasteiger partial charge is 0.361 e. The molecule has 1 aromatic carbocycles. The molecule has 3 heteroatoms. The van der Waals surface area contributed by atoms with E-state index in [0.29, 0.717) is 0 Å². The first-order valence-corrected chi connectivity index (χ1v) is 6.77. The van der Waals surface area contributed by atoms with Crippen molar-refractivity contribution in [1.82, 2.24) is 9.88 Å². The number of aromatic amines is 1. The van der Waals surface area contributed by atoms with Crippen molar-refractivity contribution in [2.24, 2.45) is 0 Å². The van der Waals surface area contributed by atoms with Crippen LogP contribution >= 0.6 is 11.6 Å². The number of benzene rings is 1. The average Bonchev–Trinajstić information content (AvgIpc) is 2.78. The summed E-state index contributed by atoms with van der Waals surface area (Å²) in [7, 11) is 2.08. The number of para-hydroxylation sites is 1. The zero-order valence-electron chi connectivity index (χ0n) is 10.5. The minimum atomic E-state index is 0.185. The summed E-state index contributed by atoms with van der Waals surface area (Å²) in [6.07, 6.45) is 6.52. The fourth-order valence-corrected chi connectivity index (χ4v) is 2.75. The Bertz CT molecular complexity index is 585. The lowest BCUT2D eigenvalue weighted by Crippen LogP contribution is -2.33. The highest BCUT2D eigenvalue weighted by molar-refractivity contribution is 6.20. The van der Waals surface area contributed by atoms with Gasteiger partial charge in [-0.1, -0.05) is 29.8 Å². The molecule has 0 bridgehead atoms. The number of alkyl halides is 1. The molecule has 1 N–H and O–H groups in total. The van der Waals surface area contributed by atoms with Gasteiger partial charge in [-0.05, 0) is 31.5 Å². The molecule has 1 aliphatic heterocycles. The molecule has 2 aromatic rings. The lowest BCUT2D eigenvalue weighted by molar-refractivity contribution is 0.289. The highest BCUT2D eigenvalue weighted by Crippen LogP contribution is 2.26. The van der Waals surface area contributed by atoms with Crippen LogP contribution in [-0.2, 0) is 0 Å². The third-order valence-corrected chi connectivity index (χ3v) is 4.17. The molecule has 1 fully saturated rings. The topological polar surface area (TPSA) is 19.0 Å². The minimum absolute atomic E-state index is 0.185. The number of rotatable bonds is 1. The van der Waals surface area contributed by atoms with Gasteiger partial charge in [0.05, 0.1) is 5.50 Å². The quantitative estimate of drug-likeness (QED) is 0.610. The molecule has 2 nitrogen and oxygen atoms in total. The third-order valence-electron chi connectivity index (χ3n) is 3.62. The number of likely N-dealkylation sites (tertiary alicyclic amines) is 1. The van der Waals surface area contributed by atoms with E-state index in [9.17, 15) is 0 Å². The fourth-order valence-electron chi connectivity index (χ4n) is 2.57. The highest BCUT2D eigenvalue weighted by atomic mass is 35.5. The standard InChI is InChI=1S/C15H17ClN2/c1-18-10-11(6-7-15(18)16)8-12-9-17-14-5-3-2-4-13(12)14/h2-5,8-9,15,17H,6-7,10H2,1H3. The van der Waals surface area contributed by atoms with Crippen molar-refractivity contribution in [2.75, 3.05) is 13.6 Å². The summed E-state index contributed by atoms with van der Waals surface area (Å²) in [6.45, 7) is 0.966. The lowest BCUT2D eigenvalue weighted by Gasteiger charge is -2.29. The van der Waals surface area contributed by atoms with Crippen LogP contribution < -0.4 is 0 Å². The van der Waals surface area contributed by atoms with Gasteiger partial charge >= 0.3 is 0 Å². The van der Waals surface area contributed by atoms with Gasteiger partial charge in [-0.3, -0.25) is 4.90 Å². The van der Waals surface area contributed by atoms with Crippen molar-refractivity contribution in [3.63, 3.8) is 0 Å². The Morgan fingerprint density at radius 2 is 2.22 bits per heavy atom. The molecular formula is C15H17ClN2. The van der Waals surface area contributed by atoms with Gasteiger partial charge in [0, 0.05) is 23.6 Å².